The number of hydrogen-bond acceptors (Lipinski definition) is 4. The fraction of sp³-hybridized carbons (Fsp3) is 0.562. The number of fused-ring (bicyclic) bond motifs is 2. The minimum Gasteiger partial charge on any atom is -0.478 e. The molecule has 2 bridgehead atoms. The third kappa shape index (κ3) is 2.70. The summed E-state index contributed by atoms with van der Waals surface area (Å²) in [6.07, 6.45) is 5.89. The molecule has 1 aromatic carbocycles. The van der Waals surface area contributed by atoms with Crippen molar-refractivity contribution in [3.63, 3.8) is 0 Å². The van der Waals surface area contributed by atoms with Crippen LogP contribution < -0.4 is 11.1 Å². The lowest BCUT2D eigenvalue weighted by atomic mass is 9.82. The molecule has 0 saturated carbocycles. The van der Waals surface area contributed by atoms with E-state index in [1.165, 1.54) is 19.3 Å². The topological polar surface area (TPSA) is 78.6 Å². The van der Waals surface area contributed by atoms with Crippen molar-refractivity contribution < 1.29 is 9.90 Å². The number of nitrogens with one attached hydrogen (secondary N) is 1. The monoisotopic (exact) mass is 289 g/mol. The number of para-hydroxylation sites is 1. The molecule has 21 heavy (non-hydrogen) atoms. The van der Waals surface area contributed by atoms with Crippen molar-refractivity contribution in [1.29, 1.82) is 0 Å². The average molecular weight is 289 g/mol. The van der Waals surface area contributed by atoms with Gasteiger partial charge in [-0.3, -0.25) is 0 Å². The Hall–Kier alpha value is -1.75. The van der Waals surface area contributed by atoms with Gasteiger partial charge in [0.15, 0.2) is 0 Å². The number of benzene rings is 1. The molecule has 0 spiro atoms. The Bertz CT molecular complexity index is 532. The molecular formula is C16H23N3O2. The molecule has 0 aromatic heterocycles. The van der Waals surface area contributed by atoms with Crippen LogP contribution in [-0.4, -0.2) is 41.1 Å². The van der Waals surface area contributed by atoms with Gasteiger partial charge in [-0.25, -0.2) is 4.79 Å². The Morgan fingerprint density at radius 3 is 2.62 bits per heavy atom. The van der Waals surface area contributed by atoms with Crippen LogP contribution in [0.5, 0.6) is 0 Å². The van der Waals surface area contributed by atoms with Crippen LogP contribution in [0.1, 0.15) is 42.5 Å². The van der Waals surface area contributed by atoms with Crippen LogP contribution >= 0.6 is 0 Å². The van der Waals surface area contributed by atoms with Gasteiger partial charge in [0.1, 0.15) is 0 Å². The first kappa shape index (κ1) is 14.2. The van der Waals surface area contributed by atoms with Gasteiger partial charge in [0.05, 0.1) is 16.9 Å². The molecule has 2 aliphatic heterocycles. The van der Waals surface area contributed by atoms with E-state index in [0.717, 1.165) is 12.8 Å². The molecule has 0 amide bonds. The van der Waals surface area contributed by atoms with Crippen molar-refractivity contribution in [3.8, 4) is 0 Å². The highest BCUT2D eigenvalue weighted by Gasteiger charge is 2.36. The van der Waals surface area contributed by atoms with Gasteiger partial charge in [0.25, 0.3) is 0 Å². The second kappa shape index (κ2) is 5.56. The van der Waals surface area contributed by atoms with E-state index < -0.39 is 5.97 Å². The van der Waals surface area contributed by atoms with Crippen LogP contribution in [0, 0.1) is 0 Å². The van der Waals surface area contributed by atoms with Crippen LogP contribution in [0.15, 0.2) is 18.2 Å². The third-order valence-electron chi connectivity index (χ3n) is 5.02. The number of carbonyl (C=O) groups is 1. The standard InChI is InChI=1S/C16H23N3O2/c1-19-11-4-2-5-12(19)9-10(8-11)18-15-13(16(20)21)6-3-7-14(15)17/h3,6-7,10-12,18H,2,4-5,8-9,17H2,1H3,(H,20,21). The molecule has 0 aliphatic carbocycles. The lowest BCUT2D eigenvalue weighted by molar-refractivity contribution is 0.0607. The average Bonchev–Trinajstić information content (AvgIpc) is 2.41. The molecule has 1 aromatic rings. The summed E-state index contributed by atoms with van der Waals surface area (Å²) in [5.74, 6) is -0.932. The fourth-order valence-corrected chi connectivity index (χ4v) is 3.85. The second-order valence-corrected chi connectivity index (χ2v) is 6.29. The molecule has 2 fully saturated rings. The number of nitrogen functional groups attached to an aromatic ring is 1. The maximum Gasteiger partial charge on any atom is 0.337 e. The lowest BCUT2D eigenvalue weighted by Gasteiger charge is -2.47. The summed E-state index contributed by atoms with van der Waals surface area (Å²) >= 11 is 0. The predicted molar refractivity (Wildman–Crippen MR) is 83.6 cm³/mol. The molecule has 2 heterocycles. The first-order chi connectivity index (χ1) is 10.1. The number of hydrogen-bond donors (Lipinski definition) is 3. The number of carboxylic acid groups (broad SMARTS) is 1. The van der Waals surface area contributed by atoms with Gasteiger partial charge in [0, 0.05) is 18.1 Å². The van der Waals surface area contributed by atoms with Crippen LogP contribution in [0.2, 0.25) is 0 Å². The molecular weight excluding hydrogens is 266 g/mol. The molecule has 2 atom stereocenters. The third-order valence-corrected chi connectivity index (χ3v) is 5.02. The number of carboxylic acids is 1. The van der Waals surface area contributed by atoms with E-state index in [1.807, 2.05) is 0 Å². The second-order valence-electron chi connectivity index (χ2n) is 6.29. The highest BCUT2D eigenvalue weighted by molar-refractivity contribution is 5.97. The number of nitrogens with zero attached hydrogens (tertiary/aromatic N) is 1. The summed E-state index contributed by atoms with van der Waals surface area (Å²) in [5, 5.41) is 12.7. The van der Waals surface area contributed by atoms with Crippen molar-refractivity contribution in [1.82, 2.24) is 4.90 Å². The zero-order chi connectivity index (χ0) is 15.0. The number of rotatable bonds is 3. The quantitative estimate of drug-likeness (QED) is 0.745. The minimum atomic E-state index is -0.932. The van der Waals surface area contributed by atoms with Crippen LogP contribution in [0.4, 0.5) is 11.4 Å². The summed E-state index contributed by atoms with van der Waals surface area (Å²) < 4.78 is 0. The van der Waals surface area contributed by atoms with E-state index in [1.54, 1.807) is 18.2 Å². The molecule has 2 unspecified atom stereocenters. The first-order valence-corrected chi connectivity index (χ1v) is 7.66. The van der Waals surface area contributed by atoms with Crippen LogP contribution in [0.25, 0.3) is 0 Å². The van der Waals surface area contributed by atoms with E-state index in [0.29, 0.717) is 29.5 Å². The SMILES string of the molecule is CN1C2CCCC1CC(Nc1c(N)cccc1C(=O)O)C2. The zero-order valence-electron chi connectivity index (χ0n) is 12.4. The maximum absolute atomic E-state index is 11.4. The first-order valence-electron chi connectivity index (χ1n) is 7.66. The van der Waals surface area contributed by atoms with Gasteiger partial charge < -0.3 is 21.1 Å². The molecule has 3 rings (SSSR count). The molecule has 5 nitrogen and oxygen atoms in total. The summed E-state index contributed by atoms with van der Waals surface area (Å²) in [6, 6.07) is 6.56. The summed E-state index contributed by atoms with van der Waals surface area (Å²) in [5.41, 5.74) is 7.34. The Labute approximate surface area is 125 Å². The predicted octanol–water partition coefficient (Wildman–Crippen LogP) is 2.39. The van der Waals surface area contributed by atoms with Gasteiger partial charge in [0.2, 0.25) is 0 Å². The maximum atomic E-state index is 11.4. The number of nitrogens with two attached hydrogens (primary N) is 1. The number of anilines is 2. The van der Waals surface area contributed by atoms with Gasteiger partial charge in [-0.15, -0.1) is 0 Å². The van der Waals surface area contributed by atoms with Crippen LogP contribution in [0.3, 0.4) is 0 Å². The highest BCUT2D eigenvalue weighted by atomic mass is 16.4. The minimum absolute atomic E-state index is 0.263. The smallest absolute Gasteiger partial charge is 0.337 e. The molecule has 2 saturated heterocycles. The van der Waals surface area contributed by atoms with E-state index in [2.05, 4.69) is 17.3 Å². The number of piperidine rings is 2. The molecule has 114 valence electrons. The molecule has 5 heteroatoms. The Balaban J connectivity index is 1.80. The Kier molecular flexibility index (Phi) is 3.76. The summed E-state index contributed by atoms with van der Waals surface area (Å²) in [7, 11) is 2.21. The normalized spacial score (nSPS) is 29.1. The Morgan fingerprint density at radius 2 is 2.00 bits per heavy atom. The van der Waals surface area contributed by atoms with Gasteiger partial charge >= 0.3 is 5.97 Å². The van der Waals surface area contributed by atoms with Gasteiger partial charge in [-0.2, -0.15) is 0 Å². The highest BCUT2D eigenvalue weighted by Crippen LogP contribution is 2.35. The Morgan fingerprint density at radius 1 is 1.33 bits per heavy atom. The van der Waals surface area contributed by atoms with Crippen molar-refractivity contribution >= 4 is 17.3 Å². The lowest BCUT2D eigenvalue weighted by Crippen LogP contribution is -2.52. The van der Waals surface area contributed by atoms with Crippen molar-refractivity contribution in [2.45, 2.75) is 50.2 Å². The number of aromatic carboxylic acids is 1. The van der Waals surface area contributed by atoms with Crippen molar-refractivity contribution in [3.05, 3.63) is 23.8 Å². The van der Waals surface area contributed by atoms with Crippen molar-refractivity contribution in [2.75, 3.05) is 18.1 Å². The van der Waals surface area contributed by atoms with E-state index >= 15 is 0 Å². The van der Waals surface area contributed by atoms with E-state index in [-0.39, 0.29) is 5.56 Å². The molecule has 0 radical (unpaired) electrons. The van der Waals surface area contributed by atoms with Crippen LogP contribution in [-0.2, 0) is 0 Å². The van der Waals surface area contributed by atoms with Crippen molar-refractivity contribution in [2.24, 2.45) is 0 Å². The molecule has 4 N–H and O–H groups in total. The summed E-state index contributed by atoms with van der Waals surface area (Å²) in [6.45, 7) is 0. The molecule has 2 aliphatic rings. The summed E-state index contributed by atoms with van der Waals surface area (Å²) in [4.78, 5) is 13.9. The van der Waals surface area contributed by atoms with Gasteiger partial charge in [-0.05, 0) is 44.9 Å². The zero-order valence-corrected chi connectivity index (χ0v) is 12.4. The van der Waals surface area contributed by atoms with E-state index in [9.17, 15) is 9.90 Å². The van der Waals surface area contributed by atoms with Gasteiger partial charge in [-0.1, -0.05) is 12.5 Å². The van der Waals surface area contributed by atoms with E-state index in [4.69, 9.17) is 5.73 Å². The fourth-order valence-electron chi connectivity index (χ4n) is 3.85. The largest absolute Gasteiger partial charge is 0.478 e.